The number of hydrogen-bond donors (Lipinski definition) is 0. The molecule has 1 fully saturated rings. The van der Waals surface area contributed by atoms with Gasteiger partial charge in [0, 0.05) is 19.0 Å². The minimum Gasteiger partial charge on any atom is -0.340 e. The maximum atomic E-state index is 11.3. The van der Waals surface area contributed by atoms with Crippen molar-refractivity contribution in [2.75, 3.05) is 6.54 Å². The molecule has 13 heavy (non-hydrogen) atoms. The highest BCUT2D eigenvalue weighted by molar-refractivity contribution is 5.76. The molecule has 1 saturated heterocycles. The summed E-state index contributed by atoms with van der Waals surface area (Å²) in [6, 6.07) is 0.461. The van der Waals surface area contributed by atoms with Crippen LogP contribution in [0.4, 0.5) is 0 Å². The fourth-order valence-electron chi connectivity index (χ4n) is 1.65. The normalized spacial score (nSPS) is 26.7. The largest absolute Gasteiger partial charge is 0.340 e. The molecule has 0 aromatic heterocycles. The molecule has 2 nitrogen and oxygen atoms in total. The molecule has 2 heteroatoms. The molecular weight excluding hydrogens is 162 g/mol. The Morgan fingerprint density at radius 1 is 1.38 bits per heavy atom. The Morgan fingerprint density at radius 2 is 1.92 bits per heavy atom. The molecule has 0 saturated carbocycles. The van der Waals surface area contributed by atoms with Crippen LogP contribution in [0.15, 0.2) is 0 Å². The van der Waals surface area contributed by atoms with Crippen molar-refractivity contribution in [1.29, 1.82) is 0 Å². The van der Waals surface area contributed by atoms with Gasteiger partial charge in [0.25, 0.3) is 0 Å². The second kappa shape index (κ2) is 6.01. The molecule has 2 unspecified atom stereocenters. The Kier molecular flexibility index (Phi) is 5.76. The van der Waals surface area contributed by atoms with Crippen molar-refractivity contribution in [3.05, 3.63) is 0 Å². The van der Waals surface area contributed by atoms with E-state index in [0.717, 1.165) is 6.54 Å². The summed E-state index contributed by atoms with van der Waals surface area (Å²) in [5.74, 6) is 0.993. The van der Waals surface area contributed by atoms with Crippen LogP contribution in [0.25, 0.3) is 0 Å². The molecule has 0 aliphatic carbocycles. The summed E-state index contributed by atoms with van der Waals surface area (Å²) in [5.41, 5.74) is 0. The molecule has 1 amide bonds. The zero-order valence-corrected chi connectivity index (χ0v) is 9.63. The van der Waals surface area contributed by atoms with E-state index in [9.17, 15) is 4.79 Å². The molecule has 0 spiro atoms. The van der Waals surface area contributed by atoms with Crippen molar-refractivity contribution in [2.45, 2.75) is 53.5 Å². The highest BCUT2D eigenvalue weighted by Crippen LogP contribution is 2.23. The summed E-state index contributed by atoms with van der Waals surface area (Å²) in [5, 5.41) is 0. The fraction of sp³-hybridized carbons (Fsp3) is 0.909. The van der Waals surface area contributed by atoms with E-state index in [-0.39, 0.29) is 0 Å². The second-order valence-corrected chi connectivity index (χ2v) is 3.45. The Balaban J connectivity index is 0.000000671. The van der Waals surface area contributed by atoms with Crippen molar-refractivity contribution < 1.29 is 4.79 Å². The van der Waals surface area contributed by atoms with Gasteiger partial charge in [0.05, 0.1) is 0 Å². The van der Waals surface area contributed by atoms with Crippen LogP contribution in [0.3, 0.4) is 0 Å². The van der Waals surface area contributed by atoms with Gasteiger partial charge in [-0.25, -0.2) is 0 Å². The quantitative estimate of drug-likeness (QED) is 0.615. The number of carbonyl (C=O) groups excluding carboxylic acids is 1. The summed E-state index contributed by atoms with van der Waals surface area (Å²) in [6.07, 6.45) is 1.82. The number of rotatable bonds is 1. The first-order valence-electron chi connectivity index (χ1n) is 5.46. The second-order valence-electron chi connectivity index (χ2n) is 3.45. The fourth-order valence-corrected chi connectivity index (χ4v) is 1.65. The van der Waals surface area contributed by atoms with Crippen LogP contribution in [0.5, 0.6) is 0 Å². The topological polar surface area (TPSA) is 20.3 Å². The van der Waals surface area contributed by atoms with Crippen LogP contribution in [-0.2, 0) is 4.79 Å². The standard InChI is InChI=1S/C9H17NO.C2H6/c1-4-9(11)10-6-5-7(2)8(10)3;1-2/h7-8H,4-6H2,1-3H3;1-2H3. The Hall–Kier alpha value is -0.530. The van der Waals surface area contributed by atoms with Crippen LogP contribution in [0.1, 0.15) is 47.5 Å². The van der Waals surface area contributed by atoms with E-state index in [0.29, 0.717) is 24.3 Å². The van der Waals surface area contributed by atoms with Gasteiger partial charge in [0.2, 0.25) is 5.91 Å². The molecule has 2 atom stereocenters. The van der Waals surface area contributed by atoms with Gasteiger partial charge in [-0.1, -0.05) is 27.7 Å². The lowest BCUT2D eigenvalue weighted by atomic mass is 10.1. The van der Waals surface area contributed by atoms with Gasteiger partial charge in [-0.3, -0.25) is 4.79 Å². The van der Waals surface area contributed by atoms with Gasteiger partial charge in [-0.05, 0) is 19.3 Å². The smallest absolute Gasteiger partial charge is 0.222 e. The first kappa shape index (κ1) is 12.5. The number of amides is 1. The van der Waals surface area contributed by atoms with Crippen LogP contribution < -0.4 is 0 Å². The molecule has 0 radical (unpaired) electrons. The molecule has 1 rings (SSSR count). The lowest BCUT2D eigenvalue weighted by molar-refractivity contribution is -0.131. The number of nitrogens with zero attached hydrogens (tertiary/aromatic N) is 1. The van der Waals surface area contributed by atoms with Crippen LogP contribution in [0.2, 0.25) is 0 Å². The van der Waals surface area contributed by atoms with Crippen molar-refractivity contribution in [3.8, 4) is 0 Å². The highest BCUT2D eigenvalue weighted by atomic mass is 16.2. The molecular formula is C11H23NO. The summed E-state index contributed by atoms with van der Waals surface area (Å²) in [7, 11) is 0. The Labute approximate surface area is 82.3 Å². The van der Waals surface area contributed by atoms with Crippen molar-refractivity contribution >= 4 is 5.91 Å². The van der Waals surface area contributed by atoms with Crippen LogP contribution in [0, 0.1) is 5.92 Å². The summed E-state index contributed by atoms with van der Waals surface area (Å²) < 4.78 is 0. The molecule has 1 aliphatic heterocycles. The monoisotopic (exact) mass is 185 g/mol. The SMILES string of the molecule is CC.CCC(=O)N1CCC(C)C1C. The van der Waals surface area contributed by atoms with Gasteiger partial charge in [0.1, 0.15) is 0 Å². The van der Waals surface area contributed by atoms with Crippen molar-refractivity contribution in [3.63, 3.8) is 0 Å². The number of likely N-dealkylation sites (tertiary alicyclic amines) is 1. The summed E-state index contributed by atoms with van der Waals surface area (Å²) >= 11 is 0. The van der Waals surface area contributed by atoms with Gasteiger partial charge in [-0.2, -0.15) is 0 Å². The zero-order valence-electron chi connectivity index (χ0n) is 9.63. The number of carbonyl (C=O) groups is 1. The number of hydrogen-bond acceptors (Lipinski definition) is 1. The van der Waals surface area contributed by atoms with Crippen molar-refractivity contribution in [1.82, 2.24) is 4.90 Å². The Morgan fingerprint density at radius 3 is 2.23 bits per heavy atom. The molecule has 78 valence electrons. The van der Waals surface area contributed by atoms with Gasteiger partial charge >= 0.3 is 0 Å². The zero-order chi connectivity index (χ0) is 10.4. The third kappa shape index (κ3) is 3.02. The summed E-state index contributed by atoms with van der Waals surface area (Å²) in [4.78, 5) is 13.3. The van der Waals surface area contributed by atoms with E-state index in [1.165, 1.54) is 6.42 Å². The maximum Gasteiger partial charge on any atom is 0.222 e. The lowest BCUT2D eigenvalue weighted by Crippen LogP contribution is -2.34. The average molecular weight is 185 g/mol. The minimum atomic E-state index is 0.307. The van der Waals surface area contributed by atoms with Gasteiger partial charge in [0.15, 0.2) is 0 Å². The third-order valence-corrected chi connectivity index (χ3v) is 2.76. The molecule has 0 aromatic carbocycles. The van der Waals surface area contributed by atoms with E-state index in [1.807, 2.05) is 25.7 Å². The minimum absolute atomic E-state index is 0.307. The average Bonchev–Trinajstić information content (AvgIpc) is 2.50. The first-order chi connectivity index (χ1) is 6.16. The van der Waals surface area contributed by atoms with E-state index in [4.69, 9.17) is 0 Å². The summed E-state index contributed by atoms with van der Waals surface area (Å²) in [6.45, 7) is 11.3. The Bertz CT molecular complexity index is 156. The van der Waals surface area contributed by atoms with E-state index in [1.54, 1.807) is 0 Å². The predicted molar refractivity (Wildman–Crippen MR) is 56.6 cm³/mol. The lowest BCUT2D eigenvalue weighted by Gasteiger charge is -2.22. The third-order valence-electron chi connectivity index (χ3n) is 2.76. The highest BCUT2D eigenvalue weighted by Gasteiger charge is 2.29. The van der Waals surface area contributed by atoms with Crippen LogP contribution >= 0.6 is 0 Å². The van der Waals surface area contributed by atoms with Gasteiger partial charge in [-0.15, -0.1) is 0 Å². The van der Waals surface area contributed by atoms with E-state index in [2.05, 4.69) is 13.8 Å². The molecule has 1 heterocycles. The first-order valence-corrected chi connectivity index (χ1v) is 5.46. The van der Waals surface area contributed by atoms with E-state index >= 15 is 0 Å². The maximum absolute atomic E-state index is 11.3. The molecule has 1 aliphatic rings. The van der Waals surface area contributed by atoms with Crippen LogP contribution in [-0.4, -0.2) is 23.4 Å². The van der Waals surface area contributed by atoms with Gasteiger partial charge < -0.3 is 4.90 Å². The molecule has 0 bridgehead atoms. The molecule has 0 aromatic rings. The molecule has 0 N–H and O–H groups in total. The van der Waals surface area contributed by atoms with E-state index < -0.39 is 0 Å². The van der Waals surface area contributed by atoms with Crippen molar-refractivity contribution in [2.24, 2.45) is 5.92 Å². The predicted octanol–water partition coefficient (Wildman–Crippen LogP) is 2.68.